The lowest BCUT2D eigenvalue weighted by Crippen LogP contribution is -2.69. The summed E-state index contributed by atoms with van der Waals surface area (Å²) in [7, 11) is 0. The van der Waals surface area contributed by atoms with Crippen LogP contribution in [0.25, 0.3) is 0 Å². The molecule has 0 saturated carbocycles. The van der Waals surface area contributed by atoms with Crippen LogP contribution in [0.15, 0.2) is 12.7 Å². The Morgan fingerprint density at radius 2 is 1.59 bits per heavy atom. The summed E-state index contributed by atoms with van der Waals surface area (Å²) in [6.45, 7) is 1.12. The van der Waals surface area contributed by atoms with Crippen molar-refractivity contribution < 1.29 is 55.1 Å². The van der Waals surface area contributed by atoms with Crippen LogP contribution in [0.2, 0.25) is 0 Å². The molecule has 0 radical (unpaired) electrons. The van der Waals surface area contributed by atoms with Crippen LogP contribution in [0.1, 0.15) is 12.8 Å². The van der Waals surface area contributed by atoms with Crippen molar-refractivity contribution in [1.82, 2.24) is 0 Å². The fourth-order valence-electron chi connectivity index (χ4n) is 3.38. The highest BCUT2D eigenvalue weighted by Crippen LogP contribution is 2.39. The van der Waals surface area contributed by atoms with Crippen LogP contribution >= 0.6 is 0 Å². The third-order valence-corrected chi connectivity index (χ3v) is 5.09. The van der Waals surface area contributed by atoms with Crippen LogP contribution < -0.4 is 0 Å². The molecule has 2 aliphatic rings. The Balaban J connectivity index is 2.29. The summed E-state index contributed by atoms with van der Waals surface area (Å²) in [6.07, 6.45) is -9.76. The van der Waals surface area contributed by atoms with Crippen molar-refractivity contribution in [2.45, 2.75) is 67.1 Å². The first-order chi connectivity index (χ1) is 12.7. The van der Waals surface area contributed by atoms with Gasteiger partial charge in [-0.05, 0) is 12.8 Å². The van der Waals surface area contributed by atoms with E-state index < -0.39 is 74.1 Å². The zero-order valence-corrected chi connectivity index (χ0v) is 14.7. The number of hydrogen-bond acceptors (Lipinski definition) is 11. The van der Waals surface area contributed by atoms with Crippen molar-refractivity contribution in [1.29, 1.82) is 0 Å². The quantitative estimate of drug-likeness (QED) is 0.186. The Morgan fingerprint density at radius 1 is 0.963 bits per heavy atom. The highest BCUT2D eigenvalue weighted by Gasteiger charge is 2.61. The molecule has 0 unspecified atom stereocenters. The van der Waals surface area contributed by atoms with Gasteiger partial charge in [-0.15, -0.1) is 6.58 Å². The normalized spacial score (nSPS) is 47.9. The summed E-state index contributed by atoms with van der Waals surface area (Å²) in [4.78, 5) is 0. The Morgan fingerprint density at radius 3 is 2.07 bits per heavy atom. The van der Waals surface area contributed by atoms with Gasteiger partial charge in [0.1, 0.15) is 48.8 Å². The van der Waals surface area contributed by atoms with E-state index in [1.54, 1.807) is 0 Å². The molecule has 158 valence electrons. The molecule has 9 atom stereocenters. The zero-order chi connectivity index (χ0) is 20.4. The van der Waals surface area contributed by atoms with Gasteiger partial charge in [-0.25, -0.2) is 0 Å². The van der Waals surface area contributed by atoms with Gasteiger partial charge < -0.3 is 55.1 Å². The molecule has 2 heterocycles. The van der Waals surface area contributed by atoms with E-state index in [1.165, 1.54) is 6.08 Å². The topological polar surface area (TPSA) is 190 Å². The predicted molar refractivity (Wildman–Crippen MR) is 87.0 cm³/mol. The molecule has 2 rings (SSSR count). The van der Waals surface area contributed by atoms with E-state index in [0.717, 1.165) is 0 Å². The first-order valence-corrected chi connectivity index (χ1v) is 8.60. The number of rotatable bonds is 8. The maximum absolute atomic E-state index is 10.8. The van der Waals surface area contributed by atoms with Gasteiger partial charge in [0.25, 0.3) is 0 Å². The SMILES string of the molecule is C=CCC[C@@]1(O)[C@H](O)[C@@H](CO)O[C@H](O[C@]2(CO)O[C@H](CO)[C@@H](O)[C@@H]2O)[C@@H]1O. The van der Waals surface area contributed by atoms with Crippen LogP contribution in [-0.4, -0.2) is 115 Å². The first-order valence-electron chi connectivity index (χ1n) is 8.60. The summed E-state index contributed by atoms with van der Waals surface area (Å²) >= 11 is 0. The molecule has 8 N–H and O–H groups in total. The fraction of sp³-hybridized carbons (Fsp3) is 0.875. The maximum atomic E-state index is 10.8. The molecule has 0 aliphatic carbocycles. The minimum absolute atomic E-state index is 0.143. The average molecular weight is 396 g/mol. The summed E-state index contributed by atoms with van der Waals surface area (Å²) in [6, 6.07) is 0. The largest absolute Gasteiger partial charge is 0.394 e. The Hall–Kier alpha value is -0.700. The van der Waals surface area contributed by atoms with Crippen LogP contribution in [0, 0.1) is 0 Å². The molecule has 2 fully saturated rings. The lowest BCUT2D eigenvalue weighted by Gasteiger charge is -2.49. The van der Waals surface area contributed by atoms with Crippen LogP contribution in [0.4, 0.5) is 0 Å². The molecule has 11 nitrogen and oxygen atoms in total. The standard InChI is InChI=1S/C16H28O11/c1-2-3-4-15(24)11(21)9(6-18)25-14(13(15)23)27-16(7-19)12(22)10(20)8(5-17)26-16/h2,8-14,17-24H,1,3-7H2/t8-,9-,10-,11-,12+,13+,14-,15-,16+/m1/s1. The molecule has 0 aromatic heterocycles. The highest BCUT2D eigenvalue weighted by molar-refractivity contribution is 5.04. The molecular weight excluding hydrogens is 368 g/mol. The molecule has 0 amide bonds. The van der Waals surface area contributed by atoms with Gasteiger partial charge in [0.05, 0.1) is 13.2 Å². The summed E-state index contributed by atoms with van der Waals surface area (Å²) in [5, 5.41) is 80.0. The van der Waals surface area contributed by atoms with E-state index in [9.17, 15) is 40.9 Å². The van der Waals surface area contributed by atoms with Crippen molar-refractivity contribution in [3.63, 3.8) is 0 Å². The number of aliphatic hydroxyl groups excluding tert-OH is 7. The molecule has 0 bridgehead atoms. The lowest BCUT2D eigenvalue weighted by atomic mass is 9.80. The van der Waals surface area contributed by atoms with Crippen LogP contribution in [0.5, 0.6) is 0 Å². The van der Waals surface area contributed by atoms with Gasteiger partial charge in [0.15, 0.2) is 6.29 Å². The number of ether oxygens (including phenoxy) is 3. The van der Waals surface area contributed by atoms with Gasteiger partial charge >= 0.3 is 0 Å². The monoisotopic (exact) mass is 396 g/mol. The van der Waals surface area contributed by atoms with Gasteiger partial charge in [0, 0.05) is 0 Å². The third-order valence-electron chi connectivity index (χ3n) is 5.09. The van der Waals surface area contributed by atoms with E-state index in [0.29, 0.717) is 0 Å². The molecule has 11 heteroatoms. The van der Waals surface area contributed by atoms with Crippen molar-refractivity contribution in [3.8, 4) is 0 Å². The Kier molecular flexibility index (Phi) is 7.33. The lowest BCUT2D eigenvalue weighted by molar-refractivity contribution is -0.397. The van der Waals surface area contributed by atoms with Gasteiger partial charge in [0.2, 0.25) is 5.79 Å². The minimum atomic E-state index is -2.26. The predicted octanol–water partition coefficient (Wildman–Crippen LogP) is -4.06. The number of aliphatic hydroxyl groups is 8. The third kappa shape index (κ3) is 3.91. The molecular formula is C16H28O11. The second-order valence-corrected chi connectivity index (χ2v) is 6.80. The highest BCUT2D eigenvalue weighted by atomic mass is 16.8. The van der Waals surface area contributed by atoms with Crippen molar-refractivity contribution in [3.05, 3.63) is 12.7 Å². The molecule has 0 spiro atoms. The summed E-state index contributed by atoms with van der Waals surface area (Å²) in [5.74, 6) is -2.26. The Bertz CT molecular complexity index is 505. The summed E-state index contributed by atoms with van der Waals surface area (Å²) < 4.78 is 15.9. The van der Waals surface area contributed by atoms with E-state index >= 15 is 0 Å². The summed E-state index contributed by atoms with van der Waals surface area (Å²) in [5.41, 5.74) is -2.15. The zero-order valence-electron chi connectivity index (χ0n) is 14.7. The maximum Gasteiger partial charge on any atom is 0.224 e. The average Bonchev–Trinajstić information content (AvgIpc) is 2.92. The van der Waals surface area contributed by atoms with Gasteiger partial charge in [-0.2, -0.15) is 0 Å². The number of allylic oxidation sites excluding steroid dienone is 1. The molecule has 0 aromatic rings. The molecule has 27 heavy (non-hydrogen) atoms. The van der Waals surface area contributed by atoms with Crippen LogP contribution in [0.3, 0.4) is 0 Å². The fourth-order valence-corrected chi connectivity index (χ4v) is 3.38. The molecule has 2 aliphatic heterocycles. The smallest absolute Gasteiger partial charge is 0.224 e. The second kappa shape index (κ2) is 8.76. The first kappa shape index (κ1) is 22.6. The van der Waals surface area contributed by atoms with E-state index in [2.05, 4.69) is 6.58 Å². The minimum Gasteiger partial charge on any atom is -0.394 e. The second-order valence-electron chi connectivity index (χ2n) is 6.80. The molecule has 0 aromatic carbocycles. The van der Waals surface area contributed by atoms with E-state index in [-0.39, 0.29) is 12.8 Å². The Labute approximate surface area is 155 Å². The van der Waals surface area contributed by atoms with Gasteiger partial charge in [-0.1, -0.05) is 6.08 Å². The molecule has 2 saturated heterocycles. The van der Waals surface area contributed by atoms with E-state index in [1.807, 2.05) is 0 Å². The van der Waals surface area contributed by atoms with Crippen LogP contribution in [-0.2, 0) is 14.2 Å². The van der Waals surface area contributed by atoms with E-state index in [4.69, 9.17) is 14.2 Å². The van der Waals surface area contributed by atoms with Crippen molar-refractivity contribution >= 4 is 0 Å². The van der Waals surface area contributed by atoms with Crippen molar-refractivity contribution in [2.75, 3.05) is 19.8 Å². The van der Waals surface area contributed by atoms with Crippen molar-refractivity contribution in [2.24, 2.45) is 0 Å². The number of hydrogen-bond donors (Lipinski definition) is 8. The van der Waals surface area contributed by atoms with Gasteiger partial charge in [-0.3, -0.25) is 0 Å².